The second-order valence-electron chi connectivity index (χ2n) is 6.95. The zero-order valence-corrected chi connectivity index (χ0v) is 17.2. The first-order valence-electron chi connectivity index (χ1n) is 9.20. The van der Waals surface area contributed by atoms with Gasteiger partial charge in [-0.1, -0.05) is 30.7 Å². The molecule has 0 aliphatic carbocycles. The molecule has 30 heavy (non-hydrogen) atoms. The first-order chi connectivity index (χ1) is 14.0. The van der Waals surface area contributed by atoms with Gasteiger partial charge in [-0.05, 0) is 55.7 Å². The summed E-state index contributed by atoms with van der Waals surface area (Å²) in [5, 5.41) is 2.88. The van der Waals surface area contributed by atoms with E-state index in [-0.39, 0.29) is 22.5 Å². The predicted molar refractivity (Wildman–Crippen MR) is 110 cm³/mol. The number of halogens is 4. The van der Waals surface area contributed by atoms with Crippen molar-refractivity contribution in [3.63, 3.8) is 0 Å². The summed E-state index contributed by atoms with van der Waals surface area (Å²) in [5.41, 5.74) is -0.967. The Morgan fingerprint density at radius 3 is 2.43 bits per heavy atom. The number of nitrogens with one attached hydrogen (secondary N) is 1. The van der Waals surface area contributed by atoms with Crippen molar-refractivity contribution < 1.29 is 18.0 Å². The number of para-hydroxylation sites is 1. The molecule has 0 saturated carbocycles. The van der Waals surface area contributed by atoms with Gasteiger partial charge >= 0.3 is 6.18 Å². The topological polar surface area (TPSA) is 64.0 Å². The molecule has 1 N–H and O–H groups in total. The van der Waals surface area contributed by atoms with Crippen LogP contribution < -0.4 is 10.9 Å². The normalized spacial score (nSPS) is 12.8. The lowest BCUT2D eigenvalue weighted by Crippen LogP contribution is -2.37. The van der Waals surface area contributed by atoms with Gasteiger partial charge in [0.25, 0.3) is 5.56 Å². The Labute approximate surface area is 175 Å². The Bertz CT molecular complexity index is 1190. The summed E-state index contributed by atoms with van der Waals surface area (Å²) in [6.45, 7) is 5.12. The molecular weight excluding hydrogens is 419 g/mol. The highest BCUT2D eigenvalue weighted by atomic mass is 35.5. The Morgan fingerprint density at radius 2 is 1.83 bits per heavy atom. The van der Waals surface area contributed by atoms with E-state index in [4.69, 9.17) is 11.6 Å². The molecule has 5 nitrogen and oxygen atoms in total. The number of aryl methyl sites for hydroxylation is 2. The van der Waals surface area contributed by atoms with E-state index in [2.05, 4.69) is 10.3 Å². The fourth-order valence-corrected chi connectivity index (χ4v) is 3.40. The molecule has 0 radical (unpaired) electrons. The average molecular weight is 438 g/mol. The molecule has 0 spiro atoms. The van der Waals surface area contributed by atoms with Gasteiger partial charge in [0.1, 0.15) is 6.04 Å². The minimum absolute atomic E-state index is 0.00554. The summed E-state index contributed by atoms with van der Waals surface area (Å²) in [7, 11) is 0. The molecule has 1 heterocycles. The van der Waals surface area contributed by atoms with Crippen molar-refractivity contribution in [2.24, 2.45) is 0 Å². The first-order valence-corrected chi connectivity index (χ1v) is 9.58. The van der Waals surface area contributed by atoms with Crippen molar-refractivity contribution in [1.82, 2.24) is 9.55 Å². The lowest BCUT2D eigenvalue weighted by atomic mass is 10.1. The average Bonchev–Trinajstić information content (AvgIpc) is 2.66. The summed E-state index contributed by atoms with van der Waals surface area (Å²) in [6.07, 6.45) is -4.87. The van der Waals surface area contributed by atoms with E-state index in [1.54, 1.807) is 51.1 Å². The monoisotopic (exact) mass is 437 g/mol. The van der Waals surface area contributed by atoms with Gasteiger partial charge in [-0.3, -0.25) is 14.2 Å². The van der Waals surface area contributed by atoms with Crippen LogP contribution in [0.4, 0.5) is 18.9 Å². The number of amides is 1. The number of fused-ring (bicyclic) bond motifs is 1. The molecule has 1 unspecified atom stereocenters. The minimum Gasteiger partial charge on any atom is -0.323 e. The maximum absolute atomic E-state index is 13.5. The molecule has 3 aromatic rings. The van der Waals surface area contributed by atoms with Gasteiger partial charge in [0.15, 0.2) is 0 Å². The van der Waals surface area contributed by atoms with Crippen LogP contribution in [0, 0.1) is 13.8 Å². The summed E-state index contributed by atoms with van der Waals surface area (Å²) < 4.78 is 41.4. The van der Waals surface area contributed by atoms with Crippen LogP contribution in [-0.4, -0.2) is 15.5 Å². The van der Waals surface area contributed by atoms with E-state index in [1.807, 2.05) is 0 Å². The molecule has 0 aliphatic heterocycles. The highest BCUT2D eigenvalue weighted by Crippen LogP contribution is 2.29. The third kappa shape index (κ3) is 4.05. The highest BCUT2D eigenvalue weighted by molar-refractivity contribution is 6.33. The van der Waals surface area contributed by atoms with Crippen molar-refractivity contribution >= 4 is 34.2 Å². The number of benzene rings is 2. The fraction of sp³-hybridized carbons (Fsp3) is 0.286. The molecule has 0 aliphatic rings. The largest absolute Gasteiger partial charge is 0.438 e. The zero-order chi connectivity index (χ0) is 22.2. The maximum atomic E-state index is 13.5. The van der Waals surface area contributed by atoms with E-state index in [9.17, 15) is 22.8 Å². The quantitative estimate of drug-likeness (QED) is 0.604. The van der Waals surface area contributed by atoms with Crippen molar-refractivity contribution in [3.05, 3.63) is 68.6 Å². The van der Waals surface area contributed by atoms with Gasteiger partial charge in [0, 0.05) is 0 Å². The van der Waals surface area contributed by atoms with E-state index < -0.39 is 29.4 Å². The van der Waals surface area contributed by atoms with Crippen LogP contribution in [-0.2, 0) is 11.0 Å². The Morgan fingerprint density at radius 1 is 1.20 bits per heavy atom. The molecule has 1 amide bonds. The number of carbonyl (C=O) groups excluding carboxylic acids is 1. The standard InChI is InChI=1S/C21H19ClF3N3O2/c1-4-16(19(29)27-14-8-6-5-7-13(14)22)28-17-10-12(3)11(2)9-15(17)26-18(20(28)30)21(23,24)25/h5-10,16H,4H2,1-3H3,(H,27,29). The van der Waals surface area contributed by atoms with Gasteiger partial charge in [-0.2, -0.15) is 13.2 Å². The molecule has 0 fully saturated rings. The highest BCUT2D eigenvalue weighted by Gasteiger charge is 2.38. The van der Waals surface area contributed by atoms with Crippen LogP contribution in [0.5, 0.6) is 0 Å². The van der Waals surface area contributed by atoms with Crippen LogP contribution in [0.15, 0.2) is 41.2 Å². The lowest BCUT2D eigenvalue weighted by Gasteiger charge is -2.22. The van der Waals surface area contributed by atoms with Crippen LogP contribution in [0.2, 0.25) is 5.02 Å². The van der Waals surface area contributed by atoms with E-state index in [0.717, 1.165) is 15.7 Å². The number of aromatic nitrogens is 2. The third-order valence-electron chi connectivity index (χ3n) is 4.91. The summed E-state index contributed by atoms with van der Waals surface area (Å²) in [4.78, 5) is 29.4. The van der Waals surface area contributed by atoms with Gasteiger partial charge < -0.3 is 5.32 Å². The summed E-state index contributed by atoms with van der Waals surface area (Å²) in [5.74, 6) is -0.647. The molecule has 0 bridgehead atoms. The Kier molecular flexibility index (Phi) is 5.90. The van der Waals surface area contributed by atoms with Crippen molar-refractivity contribution in [1.29, 1.82) is 0 Å². The SMILES string of the molecule is CCC(C(=O)Nc1ccccc1Cl)n1c(=O)c(C(F)(F)F)nc2cc(C)c(C)cc21. The fourth-order valence-electron chi connectivity index (χ4n) is 3.22. The minimum atomic E-state index is -4.96. The second-order valence-corrected chi connectivity index (χ2v) is 7.36. The van der Waals surface area contributed by atoms with Crippen LogP contribution in [0.1, 0.15) is 36.2 Å². The number of hydrogen-bond acceptors (Lipinski definition) is 3. The third-order valence-corrected chi connectivity index (χ3v) is 5.23. The Hall–Kier alpha value is -2.87. The first kappa shape index (κ1) is 21.8. The number of alkyl halides is 3. The zero-order valence-electron chi connectivity index (χ0n) is 16.5. The summed E-state index contributed by atoms with van der Waals surface area (Å²) in [6, 6.07) is 8.33. The predicted octanol–water partition coefficient (Wildman–Crippen LogP) is 5.28. The van der Waals surface area contributed by atoms with Crippen LogP contribution >= 0.6 is 11.6 Å². The molecule has 158 valence electrons. The molecule has 9 heteroatoms. The van der Waals surface area contributed by atoms with Crippen LogP contribution in [0.3, 0.4) is 0 Å². The smallest absolute Gasteiger partial charge is 0.323 e. The van der Waals surface area contributed by atoms with Gasteiger partial charge in [-0.25, -0.2) is 4.98 Å². The second kappa shape index (κ2) is 8.10. The van der Waals surface area contributed by atoms with Gasteiger partial charge in [0.2, 0.25) is 11.6 Å². The number of hydrogen-bond donors (Lipinski definition) is 1. The van der Waals surface area contributed by atoms with Crippen molar-refractivity contribution in [2.45, 2.75) is 39.4 Å². The Balaban J connectivity index is 2.24. The number of rotatable bonds is 4. The lowest BCUT2D eigenvalue weighted by molar-refractivity contribution is -0.142. The van der Waals surface area contributed by atoms with Crippen LogP contribution in [0.25, 0.3) is 11.0 Å². The number of anilines is 1. The molecule has 3 rings (SSSR count). The van der Waals surface area contributed by atoms with Crippen molar-refractivity contribution in [3.8, 4) is 0 Å². The maximum Gasteiger partial charge on any atom is 0.438 e. The molecular formula is C21H19ClF3N3O2. The molecule has 2 aromatic carbocycles. The van der Waals surface area contributed by atoms with Gasteiger partial charge in [0.05, 0.1) is 21.7 Å². The molecule has 0 saturated heterocycles. The summed E-state index contributed by atoms with van der Waals surface area (Å²) >= 11 is 6.07. The number of carbonyl (C=O) groups is 1. The van der Waals surface area contributed by atoms with E-state index in [0.29, 0.717) is 5.69 Å². The number of nitrogens with zero attached hydrogens (tertiary/aromatic N) is 2. The molecule has 1 atom stereocenters. The van der Waals surface area contributed by atoms with Crippen molar-refractivity contribution in [2.75, 3.05) is 5.32 Å². The molecule has 1 aromatic heterocycles. The van der Waals surface area contributed by atoms with E-state index >= 15 is 0 Å². The van der Waals surface area contributed by atoms with E-state index in [1.165, 1.54) is 6.07 Å². The van der Waals surface area contributed by atoms with Gasteiger partial charge in [-0.15, -0.1) is 0 Å².